The number of carbonyl (C=O) groups excluding carboxylic acids is 1. The maximum Gasteiger partial charge on any atom is 0.251 e. The molecular formula is C11H12N4O. The van der Waals surface area contributed by atoms with Crippen LogP contribution >= 0.6 is 0 Å². The van der Waals surface area contributed by atoms with Crippen molar-refractivity contribution in [3.8, 4) is 0 Å². The first-order chi connectivity index (χ1) is 7.81. The molecule has 0 aliphatic carbocycles. The molecule has 0 bridgehead atoms. The predicted molar refractivity (Wildman–Crippen MR) is 61.0 cm³/mol. The summed E-state index contributed by atoms with van der Waals surface area (Å²) in [7, 11) is 0. The highest BCUT2D eigenvalue weighted by molar-refractivity contribution is 5.97. The lowest BCUT2D eigenvalue weighted by molar-refractivity contribution is 0.0954. The Kier molecular flexibility index (Phi) is 2.95. The Labute approximate surface area is 92.5 Å². The molecule has 1 heterocycles. The summed E-state index contributed by atoms with van der Waals surface area (Å²) in [5.74, 6) is -0.105. The van der Waals surface area contributed by atoms with Gasteiger partial charge in [-0.3, -0.25) is 4.79 Å². The Balaban J connectivity index is 2.12. The van der Waals surface area contributed by atoms with Crippen LogP contribution in [0, 0.1) is 0 Å². The number of nitrogens with one attached hydrogen (secondary N) is 2. The standard InChI is InChI=1S/C11H12N4O/c1-2-3-6-12-11(16)8-4-5-9-10(7-8)14-15-13-9/h2,4-5,7H,1,3,6H2,(H,12,16)(H,13,14,15). The van der Waals surface area contributed by atoms with Crippen LogP contribution in [0.25, 0.3) is 11.0 Å². The summed E-state index contributed by atoms with van der Waals surface area (Å²) in [4.78, 5) is 11.7. The molecule has 2 rings (SSSR count). The highest BCUT2D eigenvalue weighted by atomic mass is 16.1. The Morgan fingerprint density at radius 3 is 3.06 bits per heavy atom. The van der Waals surface area contributed by atoms with E-state index in [0.29, 0.717) is 17.6 Å². The van der Waals surface area contributed by atoms with Crippen molar-refractivity contribution in [3.05, 3.63) is 36.4 Å². The van der Waals surface area contributed by atoms with E-state index in [4.69, 9.17) is 0 Å². The maximum atomic E-state index is 11.7. The Bertz CT molecular complexity index is 517. The number of aromatic amines is 1. The number of fused-ring (bicyclic) bond motifs is 1. The molecule has 2 N–H and O–H groups in total. The van der Waals surface area contributed by atoms with Gasteiger partial charge in [0, 0.05) is 12.1 Å². The number of amides is 1. The van der Waals surface area contributed by atoms with Crippen molar-refractivity contribution < 1.29 is 4.79 Å². The van der Waals surface area contributed by atoms with Crippen molar-refractivity contribution >= 4 is 16.9 Å². The van der Waals surface area contributed by atoms with Gasteiger partial charge in [0.1, 0.15) is 11.0 Å². The number of benzene rings is 1. The second-order valence-electron chi connectivity index (χ2n) is 3.36. The van der Waals surface area contributed by atoms with Gasteiger partial charge in [0.05, 0.1) is 0 Å². The van der Waals surface area contributed by atoms with Crippen molar-refractivity contribution in [2.45, 2.75) is 6.42 Å². The van der Waals surface area contributed by atoms with Crippen LogP contribution in [0.1, 0.15) is 16.8 Å². The molecule has 5 heteroatoms. The minimum Gasteiger partial charge on any atom is -0.352 e. The fourth-order valence-electron chi connectivity index (χ4n) is 1.37. The van der Waals surface area contributed by atoms with E-state index in [-0.39, 0.29) is 5.91 Å². The lowest BCUT2D eigenvalue weighted by atomic mass is 10.2. The van der Waals surface area contributed by atoms with E-state index in [2.05, 4.69) is 27.3 Å². The van der Waals surface area contributed by atoms with Gasteiger partial charge < -0.3 is 5.32 Å². The minimum absolute atomic E-state index is 0.105. The number of carbonyl (C=O) groups is 1. The van der Waals surface area contributed by atoms with E-state index < -0.39 is 0 Å². The highest BCUT2D eigenvalue weighted by Crippen LogP contribution is 2.10. The fourth-order valence-corrected chi connectivity index (χ4v) is 1.37. The number of H-pyrrole nitrogens is 1. The average Bonchev–Trinajstić information content (AvgIpc) is 2.76. The minimum atomic E-state index is -0.105. The molecule has 0 unspecified atom stereocenters. The second kappa shape index (κ2) is 4.57. The fraction of sp³-hybridized carbons (Fsp3) is 0.182. The molecule has 0 fully saturated rings. The monoisotopic (exact) mass is 216 g/mol. The van der Waals surface area contributed by atoms with Crippen LogP contribution in [0.3, 0.4) is 0 Å². The summed E-state index contributed by atoms with van der Waals surface area (Å²) in [6, 6.07) is 5.21. The van der Waals surface area contributed by atoms with Gasteiger partial charge in [-0.15, -0.1) is 6.58 Å². The topological polar surface area (TPSA) is 70.7 Å². The van der Waals surface area contributed by atoms with Gasteiger partial charge in [-0.05, 0) is 24.6 Å². The molecule has 82 valence electrons. The predicted octanol–water partition coefficient (Wildman–Crippen LogP) is 1.26. The molecule has 0 radical (unpaired) electrons. The lowest BCUT2D eigenvalue weighted by Crippen LogP contribution is -2.23. The van der Waals surface area contributed by atoms with Gasteiger partial charge in [-0.2, -0.15) is 15.4 Å². The van der Waals surface area contributed by atoms with Gasteiger partial charge in [0.15, 0.2) is 0 Å². The van der Waals surface area contributed by atoms with Gasteiger partial charge in [0.2, 0.25) is 0 Å². The second-order valence-corrected chi connectivity index (χ2v) is 3.36. The van der Waals surface area contributed by atoms with Gasteiger partial charge in [0.25, 0.3) is 5.91 Å². The van der Waals surface area contributed by atoms with E-state index >= 15 is 0 Å². The molecule has 0 aliphatic heterocycles. The zero-order valence-electron chi connectivity index (χ0n) is 8.73. The molecule has 0 aliphatic rings. The molecule has 16 heavy (non-hydrogen) atoms. The number of aromatic nitrogens is 3. The Morgan fingerprint density at radius 1 is 1.44 bits per heavy atom. The summed E-state index contributed by atoms with van der Waals surface area (Å²) in [5.41, 5.74) is 2.03. The molecule has 0 saturated carbocycles. The van der Waals surface area contributed by atoms with Crippen molar-refractivity contribution in [1.29, 1.82) is 0 Å². The third-order valence-electron chi connectivity index (χ3n) is 2.21. The summed E-state index contributed by atoms with van der Waals surface area (Å²) < 4.78 is 0. The average molecular weight is 216 g/mol. The molecule has 5 nitrogen and oxygen atoms in total. The van der Waals surface area contributed by atoms with Crippen molar-refractivity contribution in [2.24, 2.45) is 0 Å². The van der Waals surface area contributed by atoms with Crippen LogP contribution in [-0.2, 0) is 0 Å². The zero-order chi connectivity index (χ0) is 11.4. The van der Waals surface area contributed by atoms with E-state index in [0.717, 1.165) is 11.9 Å². The molecule has 1 amide bonds. The molecule has 0 saturated heterocycles. The van der Waals surface area contributed by atoms with Gasteiger partial charge >= 0.3 is 0 Å². The van der Waals surface area contributed by atoms with Crippen LogP contribution in [0.15, 0.2) is 30.9 Å². The number of rotatable bonds is 4. The van der Waals surface area contributed by atoms with Crippen LogP contribution in [0.2, 0.25) is 0 Å². The first kappa shape index (κ1) is 10.4. The van der Waals surface area contributed by atoms with Crippen molar-refractivity contribution in [2.75, 3.05) is 6.54 Å². The summed E-state index contributed by atoms with van der Waals surface area (Å²) in [6.07, 6.45) is 2.53. The smallest absolute Gasteiger partial charge is 0.251 e. The Morgan fingerprint density at radius 2 is 2.25 bits per heavy atom. The SMILES string of the molecule is C=CCCNC(=O)c1ccc2n[nH]nc2c1. The van der Waals surface area contributed by atoms with Gasteiger partial charge in [-0.25, -0.2) is 0 Å². The molecule has 0 spiro atoms. The third-order valence-corrected chi connectivity index (χ3v) is 2.21. The largest absolute Gasteiger partial charge is 0.352 e. The normalized spacial score (nSPS) is 10.2. The maximum absolute atomic E-state index is 11.7. The molecule has 1 aromatic carbocycles. The highest BCUT2D eigenvalue weighted by Gasteiger charge is 2.06. The zero-order valence-corrected chi connectivity index (χ0v) is 8.73. The quantitative estimate of drug-likeness (QED) is 0.597. The van der Waals surface area contributed by atoms with Crippen LogP contribution < -0.4 is 5.32 Å². The van der Waals surface area contributed by atoms with E-state index in [9.17, 15) is 4.79 Å². The van der Waals surface area contributed by atoms with E-state index in [1.807, 2.05) is 0 Å². The van der Waals surface area contributed by atoms with Crippen LogP contribution in [0.5, 0.6) is 0 Å². The summed E-state index contributed by atoms with van der Waals surface area (Å²) in [6.45, 7) is 4.19. The first-order valence-electron chi connectivity index (χ1n) is 5.01. The lowest BCUT2D eigenvalue weighted by Gasteiger charge is -2.02. The third kappa shape index (κ3) is 2.08. The summed E-state index contributed by atoms with van der Waals surface area (Å²) in [5, 5.41) is 13.1. The molecule has 0 atom stereocenters. The van der Waals surface area contributed by atoms with Crippen LogP contribution in [0.4, 0.5) is 0 Å². The number of nitrogens with zero attached hydrogens (tertiary/aromatic N) is 2. The number of hydrogen-bond acceptors (Lipinski definition) is 3. The van der Waals surface area contributed by atoms with Crippen molar-refractivity contribution in [1.82, 2.24) is 20.7 Å². The van der Waals surface area contributed by atoms with E-state index in [1.165, 1.54) is 0 Å². The number of hydrogen-bond donors (Lipinski definition) is 2. The Hall–Kier alpha value is -2.17. The van der Waals surface area contributed by atoms with E-state index in [1.54, 1.807) is 24.3 Å². The molecular weight excluding hydrogens is 204 g/mol. The molecule has 1 aromatic heterocycles. The van der Waals surface area contributed by atoms with Gasteiger partial charge in [-0.1, -0.05) is 6.08 Å². The summed E-state index contributed by atoms with van der Waals surface area (Å²) >= 11 is 0. The van der Waals surface area contributed by atoms with Crippen LogP contribution in [-0.4, -0.2) is 27.9 Å². The first-order valence-corrected chi connectivity index (χ1v) is 5.01. The van der Waals surface area contributed by atoms with Crippen molar-refractivity contribution in [3.63, 3.8) is 0 Å². The molecule has 2 aromatic rings.